The number of aromatic nitrogens is 1. The number of ether oxygens (including phenoxy) is 1. The monoisotopic (exact) mass is 492 g/mol. The van der Waals surface area contributed by atoms with E-state index in [1.54, 1.807) is 24.3 Å². The minimum atomic E-state index is -1.11. The first-order valence-electron chi connectivity index (χ1n) is 11.5. The Morgan fingerprint density at radius 3 is 2.39 bits per heavy atom. The van der Waals surface area contributed by atoms with Crippen molar-refractivity contribution in [2.24, 2.45) is 0 Å². The van der Waals surface area contributed by atoms with Crippen molar-refractivity contribution < 1.29 is 27.8 Å². The number of carboxylic acid groups (broad SMARTS) is 1. The maximum Gasteiger partial charge on any atom is 0.321 e. The number of hydrogen-bond acceptors (Lipinski definition) is 5. The maximum absolute atomic E-state index is 13.8. The van der Waals surface area contributed by atoms with Crippen molar-refractivity contribution >= 4 is 5.97 Å². The van der Waals surface area contributed by atoms with Gasteiger partial charge >= 0.3 is 5.97 Å². The molecule has 0 radical (unpaired) electrons. The zero-order valence-corrected chi connectivity index (χ0v) is 19.7. The molecule has 0 aliphatic carbocycles. The fraction of sp³-hybridized carbons (Fsp3) is 0.214. The van der Waals surface area contributed by atoms with Gasteiger partial charge in [-0.15, -0.1) is 0 Å². The highest BCUT2D eigenvalue weighted by atomic mass is 19.1. The highest BCUT2D eigenvalue weighted by molar-refractivity contribution is 5.74. The first-order valence-corrected chi connectivity index (χ1v) is 11.5. The molecule has 1 atom stereocenters. The van der Waals surface area contributed by atoms with E-state index >= 15 is 0 Å². The van der Waals surface area contributed by atoms with Crippen LogP contribution >= 0.6 is 0 Å². The van der Waals surface area contributed by atoms with Crippen LogP contribution in [0.15, 0.2) is 77.2 Å². The summed E-state index contributed by atoms with van der Waals surface area (Å²) in [6, 6.07) is 19.3. The number of aliphatic carboxylic acids is 1. The molecule has 6 nitrogen and oxygen atoms in total. The quantitative estimate of drug-likeness (QED) is 0.294. The average Bonchev–Trinajstić information content (AvgIpc) is 3.24. The first kappa shape index (κ1) is 25.1. The maximum atomic E-state index is 13.8. The summed E-state index contributed by atoms with van der Waals surface area (Å²) < 4.78 is 39.3. The van der Waals surface area contributed by atoms with Crippen LogP contribution in [0.5, 0.6) is 5.75 Å². The van der Waals surface area contributed by atoms with Crippen LogP contribution in [-0.2, 0) is 24.2 Å². The third-order valence-corrected chi connectivity index (χ3v) is 5.77. The normalized spacial score (nSPS) is 11.9. The number of nitrogens with one attached hydrogen (secondary N) is 1. The number of aryl methyl sites for hydroxylation is 1. The first-order chi connectivity index (χ1) is 17.4. The van der Waals surface area contributed by atoms with Gasteiger partial charge in [0.25, 0.3) is 0 Å². The lowest BCUT2D eigenvalue weighted by Gasteiger charge is -2.15. The van der Waals surface area contributed by atoms with Crippen LogP contribution in [0.1, 0.15) is 22.6 Å². The standard InChI is InChI=1S/C28H26F2N2O4/c1-18-25(32-27(36-18)20-6-3-2-4-7-20)14-15-35-21-12-10-19(11-13-21)16-26(28(33)34)31-17-22-23(29)8-5-9-24(22)30/h2-13,26,31H,14-17H2,1H3,(H,33,34)/t26-/m0/s1. The average molecular weight is 493 g/mol. The number of rotatable bonds is 11. The molecule has 3 aromatic carbocycles. The summed E-state index contributed by atoms with van der Waals surface area (Å²) in [7, 11) is 0. The van der Waals surface area contributed by atoms with Crippen molar-refractivity contribution in [3.05, 3.63) is 107 Å². The van der Waals surface area contributed by atoms with Gasteiger partial charge in [-0.1, -0.05) is 36.4 Å². The molecule has 0 bridgehead atoms. The molecule has 1 heterocycles. The van der Waals surface area contributed by atoms with Crippen LogP contribution < -0.4 is 10.1 Å². The summed E-state index contributed by atoms with van der Waals surface area (Å²) in [4.78, 5) is 16.2. The molecule has 4 aromatic rings. The van der Waals surface area contributed by atoms with Crippen molar-refractivity contribution in [1.82, 2.24) is 10.3 Å². The number of carboxylic acids is 1. The van der Waals surface area contributed by atoms with Crippen LogP contribution in [0, 0.1) is 18.6 Å². The predicted molar refractivity (Wildman–Crippen MR) is 131 cm³/mol. The Hall–Kier alpha value is -4.04. The lowest BCUT2D eigenvalue weighted by Crippen LogP contribution is -2.38. The van der Waals surface area contributed by atoms with Gasteiger partial charge in [0.1, 0.15) is 29.2 Å². The molecule has 1 aromatic heterocycles. The summed E-state index contributed by atoms with van der Waals surface area (Å²) in [5, 5.41) is 12.3. The third-order valence-electron chi connectivity index (χ3n) is 5.77. The smallest absolute Gasteiger partial charge is 0.321 e. The van der Waals surface area contributed by atoms with Crippen molar-refractivity contribution in [3.8, 4) is 17.2 Å². The molecule has 2 N–H and O–H groups in total. The van der Waals surface area contributed by atoms with E-state index < -0.39 is 23.6 Å². The molecular formula is C28H26F2N2O4. The van der Waals surface area contributed by atoms with E-state index in [0.29, 0.717) is 24.7 Å². The Morgan fingerprint density at radius 2 is 1.72 bits per heavy atom. The number of oxazole rings is 1. The second kappa shape index (κ2) is 11.6. The van der Waals surface area contributed by atoms with Crippen LogP contribution in [0.25, 0.3) is 11.5 Å². The highest BCUT2D eigenvalue weighted by Crippen LogP contribution is 2.22. The van der Waals surface area contributed by atoms with Gasteiger partial charge in [0.05, 0.1) is 12.3 Å². The summed E-state index contributed by atoms with van der Waals surface area (Å²) in [6.07, 6.45) is 0.716. The second-order valence-corrected chi connectivity index (χ2v) is 8.31. The summed E-state index contributed by atoms with van der Waals surface area (Å²) >= 11 is 0. The van der Waals surface area contributed by atoms with Crippen molar-refractivity contribution in [2.45, 2.75) is 32.4 Å². The molecule has 0 saturated heterocycles. The van der Waals surface area contributed by atoms with Crippen LogP contribution in [0.4, 0.5) is 8.78 Å². The summed E-state index contributed by atoms with van der Waals surface area (Å²) in [5.74, 6) is -0.584. The Balaban J connectivity index is 1.30. The summed E-state index contributed by atoms with van der Waals surface area (Å²) in [6.45, 7) is 2.04. The minimum absolute atomic E-state index is 0.145. The molecule has 0 aliphatic rings. The van der Waals surface area contributed by atoms with E-state index in [9.17, 15) is 18.7 Å². The molecule has 0 aliphatic heterocycles. The number of hydrogen-bond donors (Lipinski definition) is 2. The largest absolute Gasteiger partial charge is 0.493 e. The predicted octanol–water partition coefficient (Wildman–Crippen LogP) is 5.34. The highest BCUT2D eigenvalue weighted by Gasteiger charge is 2.19. The number of benzene rings is 3. The van der Waals surface area contributed by atoms with E-state index in [2.05, 4.69) is 10.3 Å². The summed E-state index contributed by atoms with van der Waals surface area (Å²) in [5.41, 5.74) is 2.30. The van der Waals surface area contributed by atoms with E-state index in [-0.39, 0.29) is 18.5 Å². The lowest BCUT2D eigenvalue weighted by molar-refractivity contribution is -0.139. The molecule has 0 fully saturated rings. The zero-order chi connectivity index (χ0) is 25.5. The van der Waals surface area contributed by atoms with E-state index in [1.165, 1.54) is 6.07 Å². The van der Waals surface area contributed by atoms with Crippen molar-refractivity contribution in [2.75, 3.05) is 6.61 Å². The number of halogens is 2. The van der Waals surface area contributed by atoms with Crippen molar-refractivity contribution in [3.63, 3.8) is 0 Å². The third kappa shape index (κ3) is 6.34. The molecule has 4 rings (SSSR count). The van der Waals surface area contributed by atoms with Crippen LogP contribution in [-0.4, -0.2) is 28.7 Å². The Kier molecular flexibility index (Phi) is 8.07. The van der Waals surface area contributed by atoms with Gasteiger partial charge in [0.2, 0.25) is 5.89 Å². The van der Waals surface area contributed by atoms with Crippen LogP contribution in [0.2, 0.25) is 0 Å². The van der Waals surface area contributed by atoms with Gasteiger partial charge in [-0.2, -0.15) is 0 Å². The molecule has 0 spiro atoms. The Bertz CT molecular complexity index is 1290. The van der Waals surface area contributed by atoms with E-state index in [0.717, 1.165) is 34.7 Å². The molecule has 0 amide bonds. The Labute approximate surface area is 207 Å². The van der Waals surface area contributed by atoms with Crippen molar-refractivity contribution in [1.29, 1.82) is 0 Å². The fourth-order valence-electron chi connectivity index (χ4n) is 3.76. The lowest BCUT2D eigenvalue weighted by atomic mass is 10.1. The molecule has 36 heavy (non-hydrogen) atoms. The molecular weight excluding hydrogens is 466 g/mol. The van der Waals surface area contributed by atoms with E-state index in [1.807, 2.05) is 37.3 Å². The van der Waals surface area contributed by atoms with Gasteiger partial charge in [-0.25, -0.2) is 13.8 Å². The molecule has 8 heteroatoms. The van der Waals surface area contributed by atoms with Gasteiger partial charge in [0.15, 0.2) is 0 Å². The van der Waals surface area contributed by atoms with Gasteiger partial charge in [-0.3, -0.25) is 10.1 Å². The second-order valence-electron chi connectivity index (χ2n) is 8.31. The van der Waals surface area contributed by atoms with Gasteiger partial charge in [0, 0.05) is 24.1 Å². The topological polar surface area (TPSA) is 84.6 Å². The zero-order valence-electron chi connectivity index (χ0n) is 19.7. The fourth-order valence-corrected chi connectivity index (χ4v) is 3.76. The Morgan fingerprint density at radius 1 is 1.03 bits per heavy atom. The van der Waals surface area contributed by atoms with Crippen LogP contribution in [0.3, 0.4) is 0 Å². The van der Waals surface area contributed by atoms with E-state index in [4.69, 9.17) is 9.15 Å². The molecule has 186 valence electrons. The van der Waals surface area contributed by atoms with Gasteiger partial charge in [-0.05, 0) is 55.3 Å². The molecule has 0 saturated carbocycles. The van der Waals surface area contributed by atoms with Gasteiger partial charge < -0.3 is 14.3 Å². The SMILES string of the molecule is Cc1oc(-c2ccccc2)nc1CCOc1ccc(C[C@H](NCc2c(F)cccc2F)C(=O)O)cc1. The number of nitrogens with zero attached hydrogens (tertiary/aromatic N) is 1. The minimum Gasteiger partial charge on any atom is -0.493 e. The molecule has 0 unspecified atom stereocenters. The number of carbonyl (C=O) groups is 1.